The molecule has 2 atom stereocenters. The monoisotopic (exact) mass is 293 g/mol. The van der Waals surface area contributed by atoms with Gasteiger partial charge in [-0.1, -0.05) is 18.0 Å². The third kappa shape index (κ3) is 3.44. The smallest absolute Gasteiger partial charge is 0.273 e. The summed E-state index contributed by atoms with van der Waals surface area (Å²) in [5.41, 5.74) is 0.333. The van der Waals surface area contributed by atoms with Crippen molar-refractivity contribution in [3.8, 4) is 0 Å². The number of aliphatic hydroxyl groups excluding tert-OH is 1. The lowest BCUT2D eigenvalue weighted by molar-refractivity contribution is 0.00725. The number of carbonyl (C=O) groups excluding carboxylic acids is 1. The van der Waals surface area contributed by atoms with E-state index < -0.39 is 0 Å². The summed E-state index contributed by atoms with van der Waals surface area (Å²) in [5.74, 6) is -0.167. The number of piperidine rings is 1. The van der Waals surface area contributed by atoms with E-state index in [1.54, 1.807) is 6.07 Å². The van der Waals surface area contributed by atoms with Crippen LogP contribution in [0, 0.1) is 0 Å². The van der Waals surface area contributed by atoms with E-state index in [9.17, 15) is 9.90 Å². The van der Waals surface area contributed by atoms with Gasteiger partial charge in [0.1, 0.15) is 6.26 Å². The van der Waals surface area contributed by atoms with Gasteiger partial charge in [0.15, 0.2) is 5.69 Å². The summed E-state index contributed by atoms with van der Waals surface area (Å²) in [7, 11) is 0. The second-order valence-corrected chi connectivity index (χ2v) is 6.09. The van der Waals surface area contributed by atoms with Crippen LogP contribution in [0.25, 0.3) is 0 Å². The van der Waals surface area contributed by atoms with Crippen molar-refractivity contribution in [3.05, 3.63) is 18.0 Å². The molecular formula is C15H23N3O3. The number of nitrogens with zero attached hydrogens (tertiary/aromatic N) is 2. The molecule has 3 rings (SSSR count). The first-order valence-corrected chi connectivity index (χ1v) is 7.87. The predicted molar refractivity (Wildman–Crippen MR) is 76.8 cm³/mol. The number of rotatable bonds is 3. The molecule has 6 nitrogen and oxygen atoms in total. The van der Waals surface area contributed by atoms with Gasteiger partial charge in [-0.05, 0) is 25.7 Å². The Kier molecular flexibility index (Phi) is 4.55. The van der Waals surface area contributed by atoms with Crippen LogP contribution in [-0.2, 0) is 0 Å². The van der Waals surface area contributed by atoms with Gasteiger partial charge in [-0.2, -0.15) is 0 Å². The Hall–Kier alpha value is -1.40. The molecule has 0 aromatic carbocycles. The highest BCUT2D eigenvalue weighted by molar-refractivity contribution is 5.92. The summed E-state index contributed by atoms with van der Waals surface area (Å²) in [6.45, 7) is 1.87. The van der Waals surface area contributed by atoms with Crippen molar-refractivity contribution in [1.82, 2.24) is 15.4 Å². The molecule has 1 saturated carbocycles. The summed E-state index contributed by atoms with van der Waals surface area (Å²) in [4.78, 5) is 14.3. The minimum absolute atomic E-state index is 0.167. The molecule has 6 heteroatoms. The van der Waals surface area contributed by atoms with Crippen molar-refractivity contribution in [3.63, 3.8) is 0 Å². The molecule has 2 fully saturated rings. The lowest BCUT2D eigenvalue weighted by Crippen LogP contribution is -2.52. The maximum absolute atomic E-state index is 11.9. The summed E-state index contributed by atoms with van der Waals surface area (Å²) in [5, 5.41) is 16.8. The zero-order valence-corrected chi connectivity index (χ0v) is 12.2. The first-order chi connectivity index (χ1) is 10.2. The predicted octanol–water partition coefficient (Wildman–Crippen LogP) is 1.17. The lowest BCUT2D eigenvalue weighted by atomic mass is 9.89. The topological polar surface area (TPSA) is 78.6 Å². The molecule has 2 heterocycles. The molecule has 21 heavy (non-hydrogen) atoms. The molecule has 1 aromatic heterocycles. The summed E-state index contributed by atoms with van der Waals surface area (Å²) in [6.07, 6.45) is 7.44. The summed E-state index contributed by atoms with van der Waals surface area (Å²) in [6, 6.07) is 2.07. The largest absolute Gasteiger partial charge is 0.391 e. The number of aliphatic hydroxyl groups is 1. The van der Waals surface area contributed by atoms with Gasteiger partial charge in [-0.25, -0.2) is 0 Å². The van der Waals surface area contributed by atoms with Crippen LogP contribution >= 0.6 is 0 Å². The maximum Gasteiger partial charge on any atom is 0.273 e. The molecule has 1 aromatic rings. The van der Waals surface area contributed by atoms with Crippen LogP contribution < -0.4 is 5.32 Å². The van der Waals surface area contributed by atoms with E-state index in [2.05, 4.69) is 19.9 Å². The van der Waals surface area contributed by atoms with Gasteiger partial charge in [0.2, 0.25) is 0 Å². The second-order valence-electron chi connectivity index (χ2n) is 6.09. The van der Waals surface area contributed by atoms with Gasteiger partial charge in [0.25, 0.3) is 5.91 Å². The molecule has 1 saturated heterocycles. The maximum atomic E-state index is 11.9. The summed E-state index contributed by atoms with van der Waals surface area (Å²) < 4.78 is 4.69. The van der Waals surface area contributed by atoms with E-state index in [0.29, 0.717) is 11.7 Å². The molecule has 2 aliphatic rings. The molecule has 0 radical (unpaired) electrons. The van der Waals surface area contributed by atoms with Crippen LogP contribution in [0.5, 0.6) is 0 Å². The number of carbonyl (C=O) groups is 1. The van der Waals surface area contributed by atoms with Crippen molar-refractivity contribution in [2.75, 3.05) is 13.1 Å². The standard InChI is InChI=1S/C15H23N3O3/c19-14-4-2-1-3-13(14)18-8-5-11(6-9-18)16-15(20)12-7-10-21-17-12/h7,10-11,13-14,19H,1-6,8-9H2,(H,16,20). The van der Waals surface area contributed by atoms with Crippen LogP contribution in [0.2, 0.25) is 0 Å². The fraction of sp³-hybridized carbons (Fsp3) is 0.733. The Balaban J connectivity index is 1.47. The van der Waals surface area contributed by atoms with E-state index in [0.717, 1.165) is 45.2 Å². The van der Waals surface area contributed by atoms with Crippen LogP contribution in [0.4, 0.5) is 0 Å². The minimum atomic E-state index is -0.181. The van der Waals surface area contributed by atoms with Crippen LogP contribution in [-0.4, -0.2) is 52.3 Å². The molecule has 0 bridgehead atoms. The number of nitrogens with one attached hydrogen (secondary N) is 1. The van der Waals surface area contributed by atoms with Gasteiger partial charge in [-0.15, -0.1) is 0 Å². The highest BCUT2D eigenvalue weighted by Gasteiger charge is 2.31. The van der Waals surface area contributed by atoms with Crippen molar-refractivity contribution in [2.45, 2.75) is 56.7 Å². The SMILES string of the molecule is O=C(NC1CCN(C2CCCCC2O)CC1)c1ccon1. The van der Waals surface area contributed by atoms with Crippen molar-refractivity contribution in [2.24, 2.45) is 0 Å². The van der Waals surface area contributed by atoms with Gasteiger partial charge < -0.3 is 14.9 Å². The van der Waals surface area contributed by atoms with Crippen LogP contribution in [0.15, 0.2) is 16.9 Å². The highest BCUT2D eigenvalue weighted by atomic mass is 16.5. The molecule has 1 amide bonds. The van der Waals surface area contributed by atoms with E-state index in [4.69, 9.17) is 0 Å². The van der Waals surface area contributed by atoms with E-state index >= 15 is 0 Å². The first-order valence-electron chi connectivity index (χ1n) is 7.87. The van der Waals surface area contributed by atoms with Gasteiger partial charge in [0, 0.05) is 31.2 Å². The van der Waals surface area contributed by atoms with E-state index in [1.165, 1.54) is 12.7 Å². The highest BCUT2D eigenvalue weighted by Crippen LogP contribution is 2.25. The zero-order valence-electron chi connectivity index (χ0n) is 12.2. The van der Waals surface area contributed by atoms with Gasteiger partial charge in [-0.3, -0.25) is 9.69 Å². The third-order valence-corrected chi connectivity index (χ3v) is 4.70. The molecular weight excluding hydrogens is 270 g/mol. The fourth-order valence-electron chi connectivity index (χ4n) is 3.48. The molecule has 2 N–H and O–H groups in total. The van der Waals surface area contributed by atoms with Crippen molar-refractivity contribution in [1.29, 1.82) is 0 Å². The molecule has 0 spiro atoms. The number of likely N-dealkylation sites (tertiary alicyclic amines) is 1. The number of amides is 1. The molecule has 116 valence electrons. The number of hydrogen-bond donors (Lipinski definition) is 2. The third-order valence-electron chi connectivity index (χ3n) is 4.70. The zero-order chi connectivity index (χ0) is 14.7. The van der Waals surface area contributed by atoms with Gasteiger partial charge in [0.05, 0.1) is 6.10 Å². The normalized spacial score (nSPS) is 28.4. The first kappa shape index (κ1) is 14.5. The summed E-state index contributed by atoms with van der Waals surface area (Å²) >= 11 is 0. The van der Waals surface area contributed by atoms with E-state index in [1.807, 2.05) is 0 Å². The second kappa shape index (κ2) is 6.58. The van der Waals surface area contributed by atoms with E-state index in [-0.39, 0.29) is 18.1 Å². The average molecular weight is 293 g/mol. The van der Waals surface area contributed by atoms with Gasteiger partial charge >= 0.3 is 0 Å². The Morgan fingerprint density at radius 3 is 2.71 bits per heavy atom. The number of aromatic nitrogens is 1. The van der Waals surface area contributed by atoms with Crippen molar-refractivity contribution >= 4 is 5.91 Å². The Labute approximate surface area is 124 Å². The Morgan fingerprint density at radius 2 is 2.05 bits per heavy atom. The average Bonchev–Trinajstić information content (AvgIpc) is 3.03. The molecule has 1 aliphatic carbocycles. The molecule has 2 unspecified atom stereocenters. The minimum Gasteiger partial charge on any atom is -0.391 e. The Bertz CT molecular complexity index is 455. The van der Waals surface area contributed by atoms with Crippen LogP contribution in [0.1, 0.15) is 49.0 Å². The fourth-order valence-corrected chi connectivity index (χ4v) is 3.48. The number of hydrogen-bond acceptors (Lipinski definition) is 5. The molecule has 1 aliphatic heterocycles. The quantitative estimate of drug-likeness (QED) is 0.874. The lowest BCUT2D eigenvalue weighted by Gasteiger charge is -2.41. The Morgan fingerprint density at radius 1 is 1.29 bits per heavy atom. The van der Waals surface area contributed by atoms with Crippen LogP contribution in [0.3, 0.4) is 0 Å². The van der Waals surface area contributed by atoms with Crippen molar-refractivity contribution < 1.29 is 14.4 Å².